The number of hydrogen-bond donors (Lipinski definition) is 0. The van der Waals surface area contributed by atoms with Gasteiger partial charge >= 0.3 is 0 Å². The van der Waals surface area contributed by atoms with Crippen LogP contribution in [-0.4, -0.2) is 0 Å². The Bertz CT molecular complexity index is 1060. The summed E-state index contributed by atoms with van der Waals surface area (Å²) in [7, 11) is 0. The van der Waals surface area contributed by atoms with Crippen molar-refractivity contribution in [1.82, 2.24) is 0 Å². The van der Waals surface area contributed by atoms with E-state index in [9.17, 15) is 0 Å². The zero-order valence-electron chi connectivity index (χ0n) is 20.5. The summed E-state index contributed by atoms with van der Waals surface area (Å²) in [6.45, 7) is 4.63. The van der Waals surface area contributed by atoms with Crippen molar-refractivity contribution in [3.05, 3.63) is 125 Å². The van der Waals surface area contributed by atoms with Crippen LogP contribution >= 0.6 is 15.9 Å². The average Bonchev–Trinajstić information content (AvgIpc) is 3.34. The van der Waals surface area contributed by atoms with Crippen molar-refractivity contribution in [3.63, 3.8) is 0 Å². The number of alkyl halides is 1. The van der Waals surface area contributed by atoms with Crippen LogP contribution in [0.2, 0.25) is 0 Å². The van der Waals surface area contributed by atoms with Crippen molar-refractivity contribution in [2.45, 2.75) is 56.2 Å². The fourth-order valence-electron chi connectivity index (χ4n) is 4.91. The van der Waals surface area contributed by atoms with Crippen LogP contribution in [-0.2, 0) is 11.8 Å². The predicted molar refractivity (Wildman–Crippen MR) is 151 cm³/mol. The van der Waals surface area contributed by atoms with Crippen molar-refractivity contribution in [3.8, 4) is 0 Å². The molecule has 0 saturated heterocycles. The molecule has 1 fully saturated rings. The second kappa shape index (κ2) is 11.8. The maximum atomic E-state index is 3.84. The van der Waals surface area contributed by atoms with Crippen molar-refractivity contribution >= 4 is 22.0 Å². The lowest BCUT2D eigenvalue weighted by atomic mass is 9.83. The molecule has 0 aromatic heterocycles. The van der Waals surface area contributed by atoms with E-state index in [0.29, 0.717) is 16.7 Å². The first-order valence-electron chi connectivity index (χ1n) is 12.7. The Kier molecular flexibility index (Phi) is 8.62. The molecule has 1 saturated carbocycles. The van der Waals surface area contributed by atoms with Crippen molar-refractivity contribution in [2.24, 2.45) is 11.8 Å². The minimum atomic E-state index is 0.0901. The molecule has 0 spiro atoms. The van der Waals surface area contributed by atoms with Gasteiger partial charge in [-0.2, -0.15) is 0 Å². The van der Waals surface area contributed by atoms with Crippen LogP contribution < -0.4 is 0 Å². The molecule has 0 N–H and O–H groups in total. The van der Waals surface area contributed by atoms with Gasteiger partial charge in [-0.25, -0.2) is 0 Å². The first kappa shape index (κ1) is 24.7. The molecule has 1 heteroatoms. The summed E-state index contributed by atoms with van der Waals surface area (Å²) in [5, 5.41) is 0. The summed E-state index contributed by atoms with van der Waals surface area (Å²) in [5.74, 6) is 1.39. The van der Waals surface area contributed by atoms with Gasteiger partial charge in [0.1, 0.15) is 0 Å². The monoisotopic (exact) mass is 512 g/mol. The van der Waals surface area contributed by atoms with E-state index in [1.807, 2.05) is 0 Å². The molecule has 0 aliphatic heterocycles. The molecule has 3 aromatic carbocycles. The van der Waals surface area contributed by atoms with Gasteiger partial charge in [0, 0.05) is 10.2 Å². The molecule has 34 heavy (non-hydrogen) atoms. The largest absolute Gasteiger partial charge is 0.0845 e. The van der Waals surface area contributed by atoms with E-state index in [2.05, 4.69) is 139 Å². The second-order valence-electron chi connectivity index (χ2n) is 10.3. The highest BCUT2D eigenvalue weighted by molar-refractivity contribution is 9.09. The van der Waals surface area contributed by atoms with Gasteiger partial charge in [-0.15, -0.1) is 0 Å². The molecule has 176 valence electrons. The number of rotatable bonds is 9. The molecule has 1 aliphatic rings. The Morgan fingerprint density at radius 1 is 0.824 bits per heavy atom. The summed E-state index contributed by atoms with van der Waals surface area (Å²) < 4.78 is 0. The first-order chi connectivity index (χ1) is 16.5. The zero-order valence-corrected chi connectivity index (χ0v) is 22.1. The van der Waals surface area contributed by atoms with Gasteiger partial charge in [0.05, 0.1) is 0 Å². The molecule has 1 aliphatic carbocycles. The van der Waals surface area contributed by atoms with Crippen molar-refractivity contribution in [2.75, 3.05) is 0 Å². The highest BCUT2D eigenvalue weighted by atomic mass is 79.9. The Hall–Kier alpha value is -2.38. The lowest BCUT2D eigenvalue weighted by Gasteiger charge is -2.21. The fraction of sp³-hybridized carbons (Fsp3) is 0.333. The van der Waals surface area contributed by atoms with Crippen LogP contribution in [0.5, 0.6) is 0 Å². The number of allylic oxidation sites excluding steroid dienone is 3. The number of halogens is 1. The third-order valence-corrected chi connectivity index (χ3v) is 8.19. The van der Waals surface area contributed by atoms with E-state index in [1.165, 1.54) is 41.5 Å². The third-order valence-electron chi connectivity index (χ3n) is 7.20. The highest BCUT2D eigenvalue weighted by Crippen LogP contribution is 2.35. The molecule has 0 heterocycles. The molecule has 3 unspecified atom stereocenters. The molecular weight excluding hydrogens is 476 g/mol. The van der Waals surface area contributed by atoms with Gasteiger partial charge in [-0.05, 0) is 66.2 Å². The first-order valence-corrected chi connectivity index (χ1v) is 13.6. The summed E-state index contributed by atoms with van der Waals surface area (Å²) in [6.07, 6.45) is 15.7. The molecule has 0 nitrogen and oxygen atoms in total. The molecule has 4 rings (SSSR count). The maximum Gasteiger partial charge on any atom is 0.0398 e. The predicted octanol–water partition coefficient (Wildman–Crippen LogP) is 9.72. The SMILES string of the molecule is CC(C)(/C=C\C1CCC(/C=C\c2ccc(CCC(Br)c3ccccc3)cc2)C1)c1ccccc1. The number of benzene rings is 3. The van der Waals surface area contributed by atoms with E-state index in [-0.39, 0.29) is 5.41 Å². The van der Waals surface area contributed by atoms with Gasteiger partial charge in [-0.1, -0.05) is 139 Å². The molecule has 0 bridgehead atoms. The van der Waals surface area contributed by atoms with Gasteiger partial charge in [0.15, 0.2) is 0 Å². The fourth-order valence-corrected chi connectivity index (χ4v) is 5.44. The van der Waals surface area contributed by atoms with E-state index < -0.39 is 0 Å². The third kappa shape index (κ3) is 7.06. The standard InChI is InChI=1S/C33H37Br/c1-33(2,31-11-7-4-8-12-31)24-23-29-20-19-28(25-29)18-17-26-13-15-27(16-14-26)21-22-32(34)30-9-5-3-6-10-30/h3-18,23-24,28-29,32H,19-22,25H2,1-2H3/b18-17-,24-23-. The summed E-state index contributed by atoms with van der Waals surface area (Å²) >= 11 is 3.84. The van der Waals surface area contributed by atoms with Crippen LogP contribution in [0.15, 0.2) is 103 Å². The Morgan fingerprint density at radius 2 is 1.44 bits per heavy atom. The summed E-state index contributed by atoms with van der Waals surface area (Å²) in [4.78, 5) is 0.413. The lowest BCUT2D eigenvalue weighted by Crippen LogP contribution is -2.13. The normalized spacial score (nSPS) is 19.7. The van der Waals surface area contributed by atoms with Gasteiger partial charge in [0.2, 0.25) is 0 Å². The van der Waals surface area contributed by atoms with Gasteiger partial charge in [-0.3, -0.25) is 0 Å². The molecule has 3 aromatic rings. The number of aryl methyl sites for hydroxylation is 1. The van der Waals surface area contributed by atoms with E-state index >= 15 is 0 Å². The highest BCUT2D eigenvalue weighted by Gasteiger charge is 2.22. The molecule has 0 amide bonds. The Labute approximate surface area is 215 Å². The van der Waals surface area contributed by atoms with Crippen molar-refractivity contribution < 1.29 is 0 Å². The maximum absolute atomic E-state index is 3.84. The van der Waals surface area contributed by atoms with Crippen LogP contribution in [0.4, 0.5) is 0 Å². The average molecular weight is 514 g/mol. The van der Waals surface area contributed by atoms with E-state index in [4.69, 9.17) is 0 Å². The minimum Gasteiger partial charge on any atom is -0.0845 e. The van der Waals surface area contributed by atoms with Crippen molar-refractivity contribution in [1.29, 1.82) is 0 Å². The smallest absolute Gasteiger partial charge is 0.0398 e. The minimum absolute atomic E-state index is 0.0901. The quantitative estimate of drug-likeness (QED) is 0.197. The summed E-state index contributed by atoms with van der Waals surface area (Å²) in [6, 6.07) is 30.6. The Morgan fingerprint density at radius 3 is 2.12 bits per heavy atom. The van der Waals surface area contributed by atoms with Crippen LogP contribution in [0.3, 0.4) is 0 Å². The number of hydrogen-bond acceptors (Lipinski definition) is 0. The van der Waals surface area contributed by atoms with Crippen LogP contribution in [0.1, 0.15) is 66.6 Å². The molecule has 0 radical (unpaired) electrons. The van der Waals surface area contributed by atoms with Gasteiger partial charge in [0.25, 0.3) is 0 Å². The second-order valence-corrected chi connectivity index (χ2v) is 11.4. The van der Waals surface area contributed by atoms with Crippen LogP contribution in [0, 0.1) is 11.8 Å². The van der Waals surface area contributed by atoms with Crippen LogP contribution in [0.25, 0.3) is 6.08 Å². The molecular formula is C33H37Br. The molecule has 3 atom stereocenters. The topological polar surface area (TPSA) is 0 Å². The van der Waals surface area contributed by atoms with E-state index in [0.717, 1.165) is 12.8 Å². The zero-order chi connectivity index (χ0) is 23.8. The Balaban J connectivity index is 1.25. The van der Waals surface area contributed by atoms with Gasteiger partial charge < -0.3 is 0 Å². The lowest BCUT2D eigenvalue weighted by molar-refractivity contribution is 0.618. The van der Waals surface area contributed by atoms with E-state index in [1.54, 1.807) is 0 Å². The summed E-state index contributed by atoms with van der Waals surface area (Å²) in [5.41, 5.74) is 5.55.